The van der Waals surface area contributed by atoms with Crippen LogP contribution in [0.25, 0.3) is 0 Å². The molecule has 150 valence electrons. The van der Waals surface area contributed by atoms with Crippen molar-refractivity contribution in [3.63, 3.8) is 0 Å². The minimum absolute atomic E-state index is 0.0386. The Bertz CT molecular complexity index is 970. The predicted octanol–water partition coefficient (Wildman–Crippen LogP) is 4.31. The Hall–Kier alpha value is -2.80. The fraction of sp³-hybridized carbons (Fsp3) is 0.318. The number of likely N-dealkylation sites (tertiary alicyclic amines) is 1. The molecule has 6 nitrogen and oxygen atoms in total. The van der Waals surface area contributed by atoms with E-state index in [9.17, 15) is 4.79 Å². The van der Waals surface area contributed by atoms with Crippen molar-refractivity contribution in [2.75, 3.05) is 18.4 Å². The van der Waals surface area contributed by atoms with Crippen LogP contribution >= 0.6 is 11.8 Å². The van der Waals surface area contributed by atoms with E-state index in [4.69, 9.17) is 4.52 Å². The molecule has 1 unspecified atom stereocenters. The van der Waals surface area contributed by atoms with Crippen LogP contribution in [0.2, 0.25) is 0 Å². The molecule has 2 aromatic heterocycles. The molecule has 1 saturated heterocycles. The van der Waals surface area contributed by atoms with Gasteiger partial charge >= 0.3 is 0 Å². The summed E-state index contributed by atoms with van der Waals surface area (Å²) in [5.74, 6) is 1.53. The van der Waals surface area contributed by atoms with Gasteiger partial charge < -0.3 is 14.7 Å². The number of aryl methyl sites for hydroxylation is 2. The molecule has 1 amide bonds. The Kier molecular flexibility index (Phi) is 5.85. The van der Waals surface area contributed by atoms with Gasteiger partial charge in [0.05, 0.1) is 11.3 Å². The highest BCUT2D eigenvalue weighted by Crippen LogP contribution is 2.28. The number of carbonyl (C=O) groups excluding carboxylic acids is 1. The molecule has 1 atom stereocenters. The maximum Gasteiger partial charge on any atom is 0.256 e. The first-order valence-corrected chi connectivity index (χ1v) is 10.7. The topological polar surface area (TPSA) is 71.3 Å². The number of hydrogen-bond acceptors (Lipinski definition) is 6. The van der Waals surface area contributed by atoms with Crippen LogP contribution in [0, 0.1) is 13.8 Å². The average molecular weight is 409 g/mol. The van der Waals surface area contributed by atoms with E-state index in [2.05, 4.69) is 27.6 Å². The molecule has 3 aromatic rings. The van der Waals surface area contributed by atoms with Crippen molar-refractivity contribution in [1.29, 1.82) is 0 Å². The van der Waals surface area contributed by atoms with Gasteiger partial charge in [-0.2, -0.15) is 0 Å². The van der Waals surface area contributed by atoms with Crippen LogP contribution in [-0.4, -0.2) is 40.1 Å². The SMILES string of the molecule is Cc1noc(C)c1CSc1ncccc1C(=O)N1CCC(Nc2ccccc2)C1. The lowest BCUT2D eigenvalue weighted by Crippen LogP contribution is -2.32. The Morgan fingerprint density at radius 1 is 1.24 bits per heavy atom. The monoisotopic (exact) mass is 408 g/mol. The summed E-state index contributed by atoms with van der Waals surface area (Å²) in [5.41, 5.74) is 3.69. The summed E-state index contributed by atoms with van der Waals surface area (Å²) in [6.07, 6.45) is 2.67. The van der Waals surface area contributed by atoms with Crippen LogP contribution in [0.4, 0.5) is 5.69 Å². The summed E-state index contributed by atoms with van der Waals surface area (Å²) in [6.45, 7) is 5.27. The van der Waals surface area contributed by atoms with E-state index in [0.717, 1.165) is 40.7 Å². The summed E-state index contributed by atoms with van der Waals surface area (Å²) < 4.78 is 5.24. The molecule has 0 radical (unpaired) electrons. The first-order chi connectivity index (χ1) is 14.1. The van der Waals surface area contributed by atoms with E-state index in [1.54, 1.807) is 18.0 Å². The molecule has 4 rings (SSSR count). The molecule has 29 heavy (non-hydrogen) atoms. The number of thioether (sulfide) groups is 1. The minimum Gasteiger partial charge on any atom is -0.380 e. The number of carbonyl (C=O) groups is 1. The van der Waals surface area contributed by atoms with Crippen molar-refractivity contribution in [1.82, 2.24) is 15.0 Å². The maximum atomic E-state index is 13.2. The van der Waals surface area contributed by atoms with Gasteiger partial charge in [-0.25, -0.2) is 4.98 Å². The van der Waals surface area contributed by atoms with Crippen LogP contribution in [-0.2, 0) is 5.75 Å². The lowest BCUT2D eigenvalue weighted by atomic mass is 10.2. The number of pyridine rings is 1. The average Bonchev–Trinajstić information content (AvgIpc) is 3.33. The van der Waals surface area contributed by atoms with E-state index in [-0.39, 0.29) is 11.9 Å². The molecular weight excluding hydrogens is 384 g/mol. The van der Waals surface area contributed by atoms with E-state index in [0.29, 0.717) is 17.9 Å². The third-order valence-corrected chi connectivity index (χ3v) is 6.19. The first kappa shape index (κ1) is 19.5. The summed E-state index contributed by atoms with van der Waals surface area (Å²) in [6, 6.07) is 14.1. The second-order valence-corrected chi connectivity index (χ2v) is 8.16. The summed E-state index contributed by atoms with van der Waals surface area (Å²) in [4.78, 5) is 19.6. The van der Waals surface area contributed by atoms with Gasteiger partial charge in [-0.05, 0) is 44.5 Å². The molecule has 3 heterocycles. The molecule has 1 aromatic carbocycles. The third-order valence-electron chi connectivity index (χ3n) is 5.16. The quantitative estimate of drug-likeness (QED) is 0.613. The second-order valence-electron chi connectivity index (χ2n) is 7.19. The predicted molar refractivity (Wildman–Crippen MR) is 114 cm³/mol. The molecule has 1 aliphatic heterocycles. The standard InChI is InChI=1S/C22H24N4O2S/c1-15-20(16(2)28-25-15)14-29-21-19(9-6-11-23-21)22(27)26-12-10-18(13-26)24-17-7-4-3-5-8-17/h3-9,11,18,24H,10,12-14H2,1-2H3. The third kappa shape index (κ3) is 4.45. The second kappa shape index (κ2) is 8.69. The summed E-state index contributed by atoms with van der Waals surface area (Å²) in [5, 5.41) is 8.26. The van der Waals surface area contributed by atoms with E-state index >= 15 is 0 Å². The molecule has 1 fully saturated rings. The highest BCUT2D eigenvalue weighted by atomic mass is 32.2. The molecule has 0 spiro atoms. The molecule has 0 saturated carbocycles. The number of hydrogen-bond donors (Lipinski definition) is 1. The lowest BCUT2D eigenvalue weighted by Gasteiger charge is -2.19. The normalized spacial score (nSPS) is 16.2. The zero-order chi connectivity index (χ0) is 20.2. The van der Waals surface area contributed by atoms with Gasteiger partial charge in [-0.15, -0.1) is 11.8 Å². The molecular formula is C22H24N4O2S. The zero-order valence-electron chi connectivity index (χ0n) is 16.6. The fourth-order valence-electron chi connectivity index (χ4n) is 3.52. The van der Waals surface area contributed by atoms with Gasteiger partial charge in [0, 0.05) is 42.3 Å². The number of nitrogens with one attached hydrogen (secondary N) is 1. The molecule has 7 heteroatoms. The van der Waals surface area contributed by atoms with Crippen LogP contribution in [0.15, 0.2) is 58.2 Å². The van der Waals surface area contributed by atoms with Gasteiger partial charge in [0.25, 0.3) is 5.91 Å². The highest BCUT2D eigenvalue weighted by molar-refractivity contribution is 7.98. The van der Waals surface area contributed by atoms with Gasteiger partial charge in [0.15, 0.2) is 0 Å². The Labute approximate surface area is 174 Å². The van der Waals surface area contributed by atoms with Crippen molar-refractivity contribution in [3.8, 4) is 0 Å². The number of aromatic nitrogens is 2. The van der Waals surface area contributed by atoms with E-state index in [1.807, 2.05) is 49.1 Å². The van der Waals surface area contributed by atoms with Crippen LogP contribution in [0.5, 0.6) is 0 Å². The molecule has 1 N–H and O–H groups in total. The number of anilines is 1. The minimum atomic E-state index is 0.0386. The van der Waals surface area contributed by atoms with Crippen LogP contribution < -0.4 is 5.32 Å². The van der Waals surface area contributed by atoms with Crippen molar-refractivity contribution >= 4 is 23.4 Å². The lowest BCUT2D eigenvalue weighted by molar-refractivity contribution is 0.0787. The van der Waals surface area contributed by atoms with E-state index in [1.165, 1.54) is 0 Å². The van der Waals surface area contributed by atoms with Crippen LogP contribution in [0.3, 0.4) is 0 Å². The van der Waals surface area contributed by atoms with Gasteiger partial charge in [-0.1, -0.05) is 23.4 Å². The van der Waals surface area contributed by atoms with Crippen molar-refractivity contribution < 1.29 is 9.32 Å². The van der Waals surface area contributed by atoms with Crippen molar-refractivity contribution in [2.24, 2.45) is 0 Å². The maximum absolute atomic E-state index is 13.2. The Morgan fingerprint density at radius 3 is 2.83 bits per heavy atom. The molecule has 0 aliphatic carbocycles. The van der Waals surface area contributed by atoms with E-state index < -0.39 is 0 Å². The number of rotatable bonds is 6. The zero-order valence-corrected chi connectivity index (χ0v) is 17.4. The highest BCUT2D eigenvalue weighted by Gasteiger charge is 2.28. The number of amides is 1. The number of nitrogens with zero attached hydrogens (tertiary/aromatic N) is 3. The van der Waals surface area contributed by atoms with Gasteiger partial charge in [0.1, 0.15) is 10.8 Å². The van der Waals surface area contributed by atoms with Crippen molar-refractivity contribution in [3.05, 3.63) is 71.2 Å². The van der Waals surface area contributed by atoms with Crippen LogP contribution in [0.1, 0.15) is 33.8 Å². The van der Waals surface area contributed by atoms with Gasteiger partial charge in [-0.3, -0.25) is 4.79 Å². The smallest absolute Gasteiger partial charge is 0.256 e. The largest absolute Gasteiger partial charge is 0.380 e. The van der Waals surface area contributed by atoms with Gasteiger partial charge in [0.2, 0.25) is 0 Å². The summed E-state index contributed by atoms with van der Waals surface area (Å²) in [7, 11) is 0. The first-order valence-electron chi connectivity index (χ1n) is 9.72. The molecule has 1 aliphatic rings. The summed E-state index contributed by atoms with van der Waals surface area (Å²) >= 11 is 1.55. The molecule has 0 bridgehead atoms. The Morgan fingerprint density at radius 2 is 2.07 bits per heavy atom. The Balaban J connectivity index is 1.43. The number of para-hydroxylation sites is 1. The number of benzene rings is 1. The fourth-order valence-corrected chi connectivity index (χ4v) is 4.66. The van der Waals surface area contributed by atoms with Crippen molar-refractivity contribution in [2.45, 2.75) is 37.1 Å².